The van der Waals surface area contributed by atoms with Crippen molar-refractivity contribution in [3.63, 3.8) is 0 Å². The van der Waals surface area contributed by atoms with Crippen LogP contribution in [0.15, 0.2) is 0 Å². The second-order valence-electron chi connectivity index (χ2n) is 1.04. The molecule has 1 unspecified atom stereocenters. The molecule has 0 saturated carbocycles. The molecule has 0 spiro atoms. The van der Waals surface area contributed by atoms with Crippen LogP contribution in [0, 0.1) is 0 Å². The number of hydrogen-bond acceptors (Lipinski definition) is 3. The van der Waals surface area contributed by atoms with Gasteiger partial charge in [0.25, 0.3) is 0 Å². The van der Waals surface area contributed by atoms with Crippen LogP contribution in [0.5, 0.6) is 0 Å². The Bertz CT molecular complexity index is 81.7. The summed E-state index contributed by atoms with van der Waals surface area (Å²) in [5.74, 6) is 0. The van der Waals surface area contributed by atoms with Crippen molar-refractivity contribution < 1.29 is 19.4 Å². The smallest absolute Gasteiger partial charge is 0.323 e. The van der Waals surface area contributed by atoms with Crippen molar-refractivity contribution >= 4 is 7.60 Å². The van der Waals surface area contributed by atoms with Crippen molar-refractivity contribution in [3.05, 3.63) is 0 Å². The zero-order valence-corrected chi connectivity index (χ0v) is 4.76. The van der Waals surface area contributed by atoms with Gasteiger partial charge in [0.15, 0.2) is 0 Å². The van der Waals surface area contributed by atoms with Crippen LogP contribution in [0.2, 0.25) is 0 Å². The first-order valence-corrected chi connectivity index (χ1v) is 3.53. The minimum Gasteiger partial charge on any atom is -0.323 e. The fourth-order valence-electron chi connectivity index (χ4n) is 0.0577. The Morgan fingerprint density at radius 3 is 2.29 bits per heavy atom. The van der Waals surface area contributed by atoms with Crippen molar-refractivity contribution in [1.29, 1.82) is 0 Å². The maximum atomic E-state index is 10.0. The Morgan fingerprint density at radius 2 is 2.29 bits per heavy atom. The highest BCUT2D eigenvalue weighted by Gasteiger charge is 2.13. The quantitative estimate of drug-likeness (QED) is 0.324. The van der Waals surface area contributed by atoms with Crippen LogP contribution in [-0.2, 0) is 9.24 Å². The second kappa shape index (κ2) is 2.43. The van der Waals surface area contributed by atoms with Crippen molar-refractivity contribution in [2.75, 3.05) is 6.16 Å². The van der Waals surface area contributed by atoms with E-state index in [-0.39, 0.29) is 6.16 Å². The molecule has 0 amide bonds. The van der Waals surface area contributed by atoms with Crippen molar-refractivity contribution in [2.24, 2.45) is 0 Å². The average Bonchev–Trinajstić information content (AvgIpc) is 1.68. The summed E-state index contributed by atoms with van der Waals surface area (Å²) in [6.07, 6.45) is -0.0660. The summed E-state index contributed by atoms with van der Waals surface area (Å²) < 4.78 is 13.2. The fraction of sp³-hybridized carbons (Fsp3) is 1.00. The SMILES string of the molecule is CCP(=O)(O)OO. The molecule has 0 aromatic rings. The van der Waals surface area contributed by atoms with E-state index in [1.807, 2.05) is 0 Å². The van der Waals surface area contributed by atoms with E-state index < -0.39 is 7.60 Å². The lowest BCUT2D eigenvalue weighted by Crippen LogP contribution is -1.84. The van der Waals surface area contributed by atoms with Crippen molar-refractivity contribution in [1.82, 2.24) is 0 Å². The summed E-state index contributed by atoms with van der Waals surface area (Å²) >= 11 is 0. The van der Waals surface area contributed by atoms with Gasteiger partial charge in [-0.05, 0) is 0 Å². The Kier molecular flexibility index (Phi) is 2.46. The topological polar surface area (TPSA) is 66.8 Å². The van der Waals surface area contributed by atoms with Crippen LogP contribution in [0.3, 0.4) is 0 Å². The Morgan fingerprint density at radius 1 is 1.86 bits per heavy atom. The molecule has 0 rings (SSSR count). The summed E-state index contributed by atoms with van der Waals surface area (Å²) in [4.78, 5) is 8.22. The minimum atomic E-state index is -3.60. The number of rotatable bonds is 2. The Hall–Kier alpha value is 0.110. The van der Waals surface area contributed by atoms with Gasteiger partial charge in [-0.1, -0.05) is 6.92 Å². The Balaban J connectivity index is 3.61. The maximum Gasteiger partial charge on any atom is 0.355 e. The lowest BCUT2D eigenvalue weighted by Gasteiger charge is -1.99. The van der Waals surface area contributed by atoms with Gasteiger partial charge in [-0.15, -0.1) is 0 Å². The highest BCUT2D eigenvalue weighted by molar-refractivity contribution is 7.52. The van der Waals surface area contributed by atoms with Crippen LogP contribution in [0.25, 0.3) is 0 Å². The molecule has 0 saturated heterocycles. The standard InChI is InChI=1S/C2H7O4P/c1-2-7(4,5)6-3/h3H,2H2,1H3,(H,4,5). The first-order chi connectivity index (χ1) is 3.12. The molecule has 7 heavy (non-hydrogen) atoms. The van der Waals surface area contributed by atoms with Gasteiger partial charge in [-0.2, -0.15) is 4.67 Å². The van der Waals surface area contributed by atoms with Gasteiger partial charge in [0, 0.05) is 6.16 Å². The minimum absolute atomic E-state index is 0.0660. The van der Waals surface area contributed by atoms with E-state index in [9.17, 15) is 4.57 Å². The van der Waals surface area contributed by atoms with E-state index in [0.717, 1.165) is 0 Å². The molecule has 0 bridgehead atoms. The molecule has 1 atom stereocenters. The predicted molar refractivity (Wildman–Crippen MR) is 24.1 cm³/mol. The molecule has 0 fully saturated rings. The molecule has 0 aliphatic carbocycles. The van der Waals surface area contributed by atoms with Gasteiger partial charge in [-0.25, -0.2) is 5.26 Å². The molecule has 0 aromatic carbocycles. The largest absolute Gasteiger partial charge is 0.355 e. The zero-order valence-electron chi connectivity index (χ0n) is 3.87. The summed E-state index contributed by atoms with van der Waals surface area (Å²) in [5, 5.41) is 7.58. The van der Waals surface area contributed by atoms with Crippen LogP contribution >= 0.6 is 7.60 Å². The molecule has 0 aliphatic rings. The molecule has 0 aliphatic heterocycles. The van der Waals surface area contributed by atoms with Gasteiger partial charge >= 0.3 is 7.60 Å². The average molecular weight is 126 g/mol. The summed E-state index contributed by atoms with van der Waals surface area (Å²) in [6, 6.07) is 0. The summed E-state index contributed by atoms with van der Waals surface area (Å²) in [7, 11) is -3.60. The second-order valence-corrected chi connectivity index (χ2v) is 3.11. The van der Waals surface area contributed by atoms with Crippen molar-refractivity contribution in [3.8, 4) is 0 Å². The van der Waals surface area contributed by atoms with Gasteiger partial charge in [0.1, 0.15) is 0 Å². The molecule has 44 valence electrons. The summed E-state index contributed by atoms with van der Waals surface area (Å²) in [5.41, 5.74) is 0. The third-order valence-electron chi connectivity index (χ3n) is 0.527. The van der Waals surface area contributed by atoms with E-state index in [4.69, 9.17) is 10.2 Å². The molecule has 0 heterocycles. The van der Waals surface area contributed by atoms with E-state index in [0.29, 0.717) is 0 Å². The van der Waals surface area contributed by atoms with Gasteiger partial charge in [-0.3, -0.25) is 4.57 Å². The van der Waals surface area contributed by atoms with Crippen LogP contribution in [0.4, 0.5) is 0 Å². The molecule has 5 heteroatoms. The summed E-state index contributed by atoms with van der Waals surface area (Å²) in [6.45, 7) is 1.44. The fourth-order valence-corrected chi connectivity index (χ4v) is 0.173. The third-order valence-corrected chi connectivity index (χ3v) is 1.58. The van der Waals surface area contributed by atoms with Gasteiger partial charge in [0.05, 0.1) is 0 Å². The van der Waals surface area contributed by atoms with Gasteiger partial charge < -0.3 is 4.89 Å². The Labute approximate surface area is 41.2 Å². The molecular formula is C2H7O4P. The highest BCUT2D eigenvalue weighted by atomic mass is 31.2. The zero-order chi connectivity index (χ0) is 5.91. The highest BCUT2D eigenvalue weighted by Crippen LogP contribution is 2.39. The monoisotopic (exact) mass is 126 g/mol. The molecule has 4 nitrogen and oxygen atoms in total. The lowest BCUT2D eigenvalue weighted by atomic mass is 11.0. The van der Waals surface area contributed by atoms with Crippen LogP contribution < -0.4 is 0 Å². The lowest BCUT2D eigenvalue weighted by molar-refractivity contribution is -0.145. The third kappa shape index (κ3) is 2.76. The molecule has 0 aromatic heterocycles. The van der Waals surface area contributed by atoms with E-state index in [1.165, 1.54) is 6.92 Å². The van der Waals surface area contributed by atoms with Crippen LogP contribution in [0.1, 0.15) is 6.92 Å². The predicted octanol–water partition coefficient (Wildman–Crippen LogP) is 0.681. The molecule has 0 radical (unpaired) electrons. The normalized spacial score (nSPS) is 18.7. The van der Waals surface area contributed by atoms with E-state index in [2.05, 4.69) is 4.67 Å². The van der Waals surface area contributed by atoms with Crippen LogP contribution in [-0.4, -0.2) is 16.3 Å². The van der Waals surface area contributed by atoms with Gasteiger partial charge in [0.2, 0.25) is 0 Å². The molecular weight excluding hydrogens is 119 g/mol. The first-order valence-electron chi connectivity index (χ1n) is 1.77. The molecule has 2 N–H and O–H groups in total. The van der Waals surface area contributed by atoms with E-state index >= 15 is 0 Å². The van der Waals surface area contributed by atoms with E-state index in [1.54, 1.807) is 0 Å². The van der Waals surface area contributed by atoms with Crippen molar-refractivity contribution in [2.45, 2.75) is 6.92 Å². The number of hydrogen-bond donors (Lipinski definition) is 2. The first kappa shape index (κ1) is 7.11. The maximum absolute atomic E-state index is 10.0.